The van der Waals surface area contributed by atoms with Crippen LogP contribution in [0.4, 0.5) is 0 Å². The molecule has 0 radical (unpaired) electrons. The minimum atomic E-state index is 0.378. The van der Waals surface area contributed by atoms with Crippen molar-refractivity contribution in [2.75, 3.05) is 40.3 Å². The van der Waals surface area contributed by atoms with Crippen LogP contribution in [-0.4, -0.2) is 51.3 Å². The maximum absolute atomic E-state index is 5.87. The molecule has 1 unspecified atom stereocenters. The van der Waals surface area contributed by atoms with E-state index in [0.29, 0.717) is 12.0 Å². The summed E-state index contributed by atoms with van der Waals surface area (Å²) < 4.78 is 5.87. The summed E-state index contributed by atoms with van der Waals surface area (Å²) >= 11 is 0. The predicted octanol–water partition coefficient (Wildman–Crippen LogP) is 1.98. The summed E-state index contributed by atoms with van der Waals surface area (Å²) in [6.45, 7) is 10.6. The Morgan fingerprint density at radius 3 is 2.38 bits per heavy atom. The van der Waals surface area contributed by atoms with Gasteiger partial charge in [-0.05, 0) is 33.0 Å². The van der Waals surface area contributed by atoms with E-state index in [-0.39, 0.29) is 0 Å². The van der Waals surface area contributed by atoms with E-state index in [2.05, 4.69) is 45.1 Å². The van der Waals surface area contributed by atoms with Crippen LogP contribution in [0.5, 0.6) is 0 Å². The predicted molar refractivity (Wildman–Crippen MR) is 70.9 cm³/mol. The zero-order chi connectivity index (χ0) is 12.4. The molecule has 0 spiro atoms. The normalized spacial score (nSPS) is 13.7. The topological polar surface area (TPSA) is 24.5 Å². The van der Waals surface area contributed by atoms with Gasteiger partial charge in [0.1, 0.15) is 0 Å². The van der Waals surface area contributed by atoms with E-state index in [1.54, 1.807) is 0 Å². The molecule has 0 saturated heterocycles. The number of hydrogen-bond acceptors (Lipinski definition) is 3. The second-order valence-electron chi connectivity index (χ2n) is 5.14. The van der Waals surface area contributed by atoms with Crippen molar-refractivity contribution in [3.8, 4) is 0 Å². The zero-order valence-electron chi connectivity index (χ0n) is 11.8. The Bertz CT molecular complexity index is 135. The molecule has 0 rings (SSSR count). The van der Waals surface area contributed by atoms with Crippen molar-refractivity contribution < 1.29 is 4.74 Å². The van der Waals surface area contributed by atoms with Crippen LogP contribution in [-0.2, 0) is 4.74 Å². The standard InChI is InChI=1S/C13H30N2O/c1-6-7-13(11-14-10-12(2)3)16-9-8-15(4)5/h12-14H,6-11H2,1-5H3. The van der Waals surface area contributed by atoms with Crippen molar-refractivity contribution in [1.29, 1.82) is 0 Å². The third-order valence-corrected chi connectivity index (χ3v) is 2.43. The van der Waals surface area contributed by atoms with Crippen LogP contribution in [0.1, 0.15) is 33.6 Å². The van der Waals surface area contributed by atoms with Gasteiger partial charge in [-0.3, -0.25) is 0 Å². The lowest BCUT2D eigenvalue weighted by molar-refractivity contribution is 0.0383. The molecule has 0 aliphatic rings. The van der Waals surface area contributed by atoms with E-state index in [0.717, 1.165) is 32.7 Å². The first-order valence-corrected chi connectivity index (χ1v) is 6.53. The van der Waals surface area contributed by atoms with Crippen molar-refractivity contribution >= 4 is 0 Å². The summed E-state index contributed by atoms with van der Waals surface area (Å²) in [5.41, 5.74) is 0. The molecule has 0 heterocycles. The van der Waals surface area contributed by atoms with Crippen molar-refractivity contribution in [3.63, 3.8) is 0 Å². The maximum Gasteiger partial charge on any atom is 0.0700 e. The van der Waals surface area contributed by atoms with Crippen LogP contribution in [0, 0.1) is 5.92 Å². The van der Waals surface area contributed by atoms with Crippen LogP contribution in [0.3, 0.4) is 0 Å². The fraction of sp³-hybridized carbons (Fsp3) is 1.00. The number of likely N-dealkylation sites (N-methyl/N-ethyl adjacent to an activating group) is 1. The Balaban J connectivity index is 3.61. The number of hydrogen-bond donors (Lipinski definition) is 1. The summed E-state index contributed by atoms with van der Waals surface area (Å²) in [6, 6.07) is 0. The van der Waals surface area contributed by atoms with E-state index in [1.165, 1.54) is 6.42 Å². The Labute approximate surface area is 102 Å². The minimum Gasteiger partial charge on any atom is -0.376 e. The molecule has 0 bridgehead atoms. The van der Waals surface area contributed by atoms with E-state index < -0.39 is 0 Å². The zero-order valence-corrected chi connectivity index (χ0v) is 11.8. The quantitative estimate of drug-likeness (QED) is 0.621. The van der Waals surface area contributed by atoms with Gasteiger partial charge in [0, 0.05) is 13.1 Å². The van der Waals surface area contributed by atoms with Crippen LogP contribution < -0.4 is 5.32 Å². The van der Waals surface area contributed by atoms with Gasteiger partial charge >= 0.3 is 0 Å². The van der Waals surface area contributed by atoms with Gasteiger partial charge < -0.3 is 15.0 Å². The van der Waals surface area contributed by atoms with Crippen molar-refractivity contribution in [2.24, 2.45) is 5.92 Å². The monoisotopic (exact) mass is 230 g/mol. The molecule has 3 heteroatoms. The lowest BCUT2D eigenvalue weighted by atomic mass is 10.2. The first-order chi connectivity index (χ1) is 7.56. The highest BCUT2D eigenvalue weighted by atomic mass is 16.5. The fourth-order valence-electron chi connectivity index (χ4n) is 1.50. The third-order valence-electron chi connectivity index (χ3n) is 2.43. The van der Waals surface area contributed by atoms with Gasteiger partial charge in [0.2, 0.25) is 0 Å². The molecule has 1 atom stereocenters. The smallest absolute Gasteiger partial charge is 0.0700 e. The Morgan fingerprint density at radius 1 is 1.19 bits per heavy atom. The van der Waals surface area contributed by atoms with Gasteiger partial charge in [-0.15, -0.1) is 0 Å². The number of nitrogens with one attached hydrogen (secondary N) is 1. The van der Waals surface area contributed by atoms with Gasteiger partial charge in [-0.2, -0.15) is 0 Å². The highest BCUT2D eigenvalue weighted by Crippen LogP contribution is 2.01. The summed E-state index contributed by atoms with van der Waals surface area (Å²) in [4.78, 5) is 2.16. The SMILES string of the molecule is CCCC(CNCC(C)C)OCCN(C)C. The summed E-state index contributed by atoms with van der Waals surface area (Å²) in [5.74, 6) is 0.712. The van der Waals surface area contributed by atoms with E-state index in [1.807, 2.05) is 0 Å². The maximum atomic E-state index is 5.87. The van der Waals surface area contributed by atoms with Crippen LogP contribution in [0.15, 0.2) is 0 Å². The highest BCUT2D eigenvalue weighted by Gasteiger charge is 2.07. The molecule has 0 aromatic carbocycles. The molecule has 98 valence electrons. The lowest BCUT2D eigenvalue weighted by Crippen LogP contribution is -2.33. The molecule has 0 aromatic rings. The molecular weight excluding hydrogens is 200 g/mol. The Kier molecular flexibility index (Phi) is 9.99. The first kappa shape index (κ1) is 15.9. The van der Waals surface area contributed by atoms with Gasteiger partial charge in [-0.25, -0.2) is 0 Å². The van der Waals surface area contributed by atoms with Crippen LogP contribution in [0.25, 0.3) is 0 Å². The number of rotatable bonds is 10. The molecule has 1 N–H and O–H groups in total. The summed E-state index contributed by atoms with van der Waals surface area (Å²) in [7, 11) is 4.16. The lowest BCUT2D eigenvalue weighted by Gasteiger charge is -2.20. The van der Waals surface area contributed by atoms with E-state index in [4.69, 9.17) is 4.74 Å². The van der Waals surface area contributed by atoms with Crippen molar-refractivity contribution in [1.82, 2.24) is 10.2 Å². The minimum absolute atomic E-state index is 0.378. The summed E-state index contributed by atoms with van der Waals surface area (Å²) in [6.07, 6.45) is 2.72. The third kappa shape index (κ3) is 10.4. The molecule has 0 aliphatic carbocycles. The van der Waals surface area contributed by atoms with Crippen LogP contribution >= 0.6 is 0 Å². The molecule has 0 aromatic heterocycles. The second-order valence-corrected chi connectivity index (χ2v) is 5.14. The summed E-state index contributed by atoms with van der Waals surface area (Å²) in [5, 5.41) is 3.47. The van der Waals surface area contributed by atoms with Crippen LogP contribution in [0.2, 0.25) is 0 Å². The molecule has 3 nitrogen and oxygen atoms in total. The Hall–Kier alpha value is -0.120. The molecule has 0 amide bonds. The number of ether oxygens (including phenoxy) is 1. The number of nitrogens with zero attached hydrogens (tertiary/aromatic N) is 1. The molecule has 0 aliphatic heterocycles. The highest BCUT2D eigenvalue weighted by molar-refractivity contribution is 4.62. The Morgan fingerprint density at radius 2 is 1.88 bits per heavy atom. The largest absolute Gasteiger partial charge is 0.376 e. The van der Waals surface area contributed by atoms with Gasteiger partial charge in [0.25, 0.3) is 0 Å². The first-order valence-electron chi connectivity index (χ1n) is 6.53. The molecule has 16 heavy (non-hydrogen) atoms. The second kappa shape index (κ2) is 10.1. The van der Waals surface area contributed by atoms with E-state index in [9.17, 15) is 0 Å². The molecule has 0 fully saturated rings. The van der Waals surface area contributed by atoms with Gasteiger partial charge in [0.15, 0.2) is 0 Å². The molecule has 0 saturated carbocycles. The average molecular weight is 230 g/mol. The average Bonchev–Trinajstić information content (AvgIpc) is 2.16. The molecular formula is C13H30N2O. The van der Waals surface area contributed by atoms with Gasteiger partial charge in [0.05, 0.1) is 12.7 Å². The van der Waals surface area contributed by atoms with Crippen molar-refractivity contribution in [3.05, 3.63) is 0 Å². The fourth-order valence-corrected chi connectivity index (χ4v) is 1.50. The van der Waals surface area contributed by atoms with Gasteiger partial charge in [-0.1, -0.05) is 27.2 Å². The van der Waals surface area contributed by atoms with E-state index >= 15 is 0 Å². The van der Waals surface area contributed by atoms with Crippen molar-refractivity contribution in [2.45, 2.75) is 39.7 Å².